The summed E-state index contributed by atoms with van der Waals surface area (Å²) in [6, 6.07) is 7.22. The fraction of sp³-hybridized carbons (Fsp3) is 0.400. The van der Waals surface area contributed by atoms with E-state index < -0.39 is 0 Å². The van der Waals surface area contributed by atoms with Crippen LogP contribution in [0.3, 0.4) is 0 Å². The Morgan fingerprint density at radius 3 is 2.54 bits per heavy atom. The standard InChI is InChI=1S/C10H15NO2/c1-8(6-12)7-13-10-4-2-9(11)3-5-10/h2-5,8,12H,6-7,11H2,1H3. The van der Waals surface area contributed by atoms with E-state index in [2.05, 4.69) is 0 Å². The average molecular weight is 181 g/mol. The van der Waals surface area contributed by atoms with Gasteiger partial charge in [-0.2, -0.15) is 0 Å². The maximum absolute atomic E-state index is 8.76. The van der Waals surface area contributed by atoms with Gasteiger partial charge in [0.25, 0.3) is 0 Å². The third kappa shape index (κ3) is 3.34. The number of ether oxygens (including phenoxy) is 1. The molecule has 3 heteroatoms. The van der Waals surface area contributed by atoms with Crippen LogP contribution < -0.4 is 10.5 Å². The number of aliphatic hydroxyl groups is 1. The SMILES string of the molecule is CC(CO)COc1ccc(N)cc1. The minimum Gasteiger partial charge on any atom is -0.493 e. The van der Waals surface area contributed by atoms with Gasteiger partial charge in [0.05, 0.1) is 6.61 Å². The zero-order valence-corrected chi connectivity index (χ0v) is 7.73. The first-order chi connectivity index (χ1) is 6.22. The molecule has 0 heterocycles. The fourth-order valence-corrected chi connectivity index (χ4v) is 0.855. The summed E-state index contributed by atoms with van der Waals surface area (Å²) in [6.07, 6.45) is 0. The van der Waals surface area contributed by atoms with Gasteiger partial charge in [-0.1, -0.05) is 6.92 Å². The number of nitrogen functional groups attached to an aromatic ring is 1. The lowest BCUT2D eigenvalue weighted by molar-refractivity contribution is 0.174. The molecule has 13 heavy (non-hydrogen) atoms. The molecule has 0 radical (unpaired) electrons. The van der Waals surface area contributed by atoms with E-state index in [4.69, 9.17) is 15.6 Å². The molecule has 1 atom stereocenters. The van der Waals surface area contributed by atoms with Gasteiger partial charge in [-0.25, -0.2) is 0 Å². The summed E-state index contributed by atoms with van der Waals surface area (Å²) < 4.78 is 5.40. The molecule has 0 aromatic heterocycles. The average Bonchev–Trinajstić information content (AvgIpc) is 2.16. The molecule has 1 unspecified atom stereocenters. The summed E-state index contributed by atoms with van der Waals surface area (Å²) in [6.45, 7) is 2.60. The Kier molecular flexibility index (Phi) is 3.58. The predicted octanol–water partition coefficient (Wildman–Crippen LogP) is 1.28. The highest BCUT2D eigenvalue weighted by Crippen LogP contribution is 2.13. The molecule has 1 rings (SSSR count). The van der Waals surface area contributed by atoms with E-state index in [1.54, 1.807) is 12.1 Å². The highest BCUT2D eigenvalue weighted by molar-refractivity contribution is 5.41. The molecule has 0 saturated heterocycles. The molecule has 0 bridgehead atoms. The molecule has 3 nitrogen and oxygen atoms in total. The topological polar surface area (TPSA) is 55.5 Å². The van der Waals surface area contributed by atoms with Crippen molar-refractivity contribution in [1.82, 2.24) is 0 Å². The molecule has 0 aliphatic heterocycles. The summed E-state index contributed by atoms with van der Waals surface area (Å²) in [5, 5.41) is 8.76. The van der Waals surface area contributed by atoms with Gasteiger partial charge in [0.1, 0.15) is 5.75 Å². The Labute approximate surface area is 78.1 Å². The van der Waals surface area contributed by atoms with Gasteiger partial charge in [-0.05, 0) is 24.3 Å². The predicted molar refractivity (Wildman–Crippen MR) is 52.6 cm³/mol. The first kappa shape index (κ1) is 9.86. The Balaban J connectivity index is 2.41. The van der Waals surface area contributed by atoms with Gasteiger partial charge in [0, 0.05) is 18.2 Å². The van der Waals surface area contributed by atoms with Crippen LogP contribution in [0.2, 0.25) is 0 Å². The minimum atomic E-state index is 0.148. The molecular formula is C10H15NO2. The van der Waals surface area contributed by atoms with Crippen molar-refractivity contribution in [2.45, 2.75) is 6.92 Å². The first-order valence-corrected chi connectivity index (χ1v) is 4.31. The Morgan fingerprint density at radius 2 is 2.00 bits per heavy atom. The van der Waals surface area contributed by atoms with E-state index in [-0.39, 0.29) is 12.5 Å². The van der Waals surface area contributed by atoms with Crippen molar-refractivity contribution < 1.29 is 9.84 Å². The van der Waals surface area contributed by atoms with Gasteiger partial charge < -0.3 is 15.6 Å². The molecule has 0 saturated carbocycles. The van der Waals surface area contributed by atoms with Crippen LogP contribution in [0, 0.1) is 5.92 Å². The highest BCUT2D eigenvalue weighted by Gasteiger charge is 2.00. The largest absolute Gasteiger partial charge is 0.493 e. The summed E-state index contributed by atoms with van der Waals surface area (Å²) >= 11 is 0. The molecule has 1 aromatic rings. The van der Waals surface area contributed by atoms with Crippen molar-refractivity contribution in [1.29, 1.82) is 0 Å². The number of rotatable bonds is 4. The Bertz CT molecular complexity index is 246. The van der Waals surface area contributed by atoms with Gasteiger partial charge >= 0.3 is 0 Å². The Morgan fingerprint density at radius 1 is 1.38 bits per heavy atom. The second kappa shape index (κ2) is 4.72. The van der Waals surface area contributed by atoms with E-state index >= 15 is 0 Å². The highest BCUT2D eigenvalue weighted by atomic mass is 16.5. The lowest BCUT2D eigenvalue weighted by Gasteiger charge is -2.10. The number of aliphatic hydroxyl groups excluding tert-OH is 1. The molecule has 0 aliphatic carbocycles. The Hall–Kier alpha value is -1.22. The van der Waals surface area contributed by atoms with Gasteiger partial charge in [0.2, 0.25) is 0 Å². The van der Waals surface area contributed by atoms with Crippen molar-refractivity contribution in [3.05, 3.63) is 24.3 Å². The van der Waals surface area contributed by atoms with E-state index in [0.717, 1.165) is 11.4 Å². The monoisotopic (exact) mass is 181 g/mol. The summed E-state index contributed by atoms with van der Waals surface area (Å²) in [7, 11) is 0. The molecule has 0 fully saturated rings. The van der Waals surface area contributed by atoms with Crippen LogP contribution in [0.1, 0.15) is 6.92 Å². The molecule has 0 spiro atoms. The van der Waals surface area contributed by atoms with Gasteiger partial charge in [0.15, 0.2) is 0 Å². The smallest absolute Gasteiger partial charge is 0.119 e. The number of benzene rings is 1. The molecule has 0 aliphatic rings. The normalized spacial score (nSPS) is 12.5. The van der Waals surface area contributed by atoms with Crippen molar-refractivity contribution in [3.63, 3.8) is 0 Å². The van der Waals surface area contributed by atoms with Crippen LogP contribution in [0.15, 0.2) is 24.3 Å². The van der Waals surface area contributed by atoms with E-state index in [1.807, 2.05) is 19.1 Å². The van der Waals surface area contributed by atoms with Crippen molar-refractivity contribution in [2.24, 2.45) is 5.92 Å². The zero-order valence-electron chi connectivity index (χ0n) is 7.73. The van der Waals surface area contributed by atoms with Crippen molar-refractivity contribution in [3.8, 4) is 5.75 Å². The third-order valence-corrected chi connectivity index (χ3v) is 1.73. The second-order valence-electron chi connectivity index (χ2n) is 3.17. The first-order valence-electron chi connectivity index (χ1n) is 4.31. The molecule has 3 N–H and O–H groups in total. The molecule has 72 valence electrons. The maximum atomic E-state index is 8.76. The van der Waals surface area contributed by atoms with E-state index in [0.29, 0.717) is 6.61 Å². The summed E-state index contributed by atoms with van der Waals surface area (Å²) in [4.78, 5) is 0. The van der Waals surface area contributed by atoms with Crippen LogP contribution in [-0.2, 0) is 0 Å². The van der Waals surface area contributed by atoms with Crippen molar-refractivity contribution >= 4 is 5.69 Å². The van der Waals surface area contributed by atoms with Gasteiger partial charge in [-0.15, -0.1) is 0 Å². The minimum absolute atomic E-state index is 0.148. The van der Waals surface area contributed by atoms with Gasteiger partial charge in [-0.3, -0.25) is 0 Å². The van der Waals surface area contributed by atoms with Crippen molar-refractivity contribution in [2.75, 3.05) is 18.9 Å². The second-order valence-corrected chi connectivity index (χ2v) is 3.17. The lowest BCUT2D eigenvalue weighted by atomic mass is 10.2. The van der Waals surface area contributed by atoms with Crippen LogP contribution in [0.4, 0.5) is 5.69 Å². The number of anilines is 1. The zero-order chi connectivity index (χ0) is 9.68. The molecule has 1 aromatic carbocycles. The third-order valence-electron chi connectivity index (χ3n) is 1.73. The molecular weight excluding hydrogens is 166 g/mol. The lowest BCUT2D eigenvalue weighted by Crippen LogP contribution is -2.11. The van der Waals surface area contributed by atoms with Crippen LogP contribution >= 0.6 is 0 Å². The quantitative estimate of drug-likeness (QED) is 0.688. The van der Waals surface area contributed by atoms with E-state index in [9.17, 15) is 0 Å². The summed E-state index contributed by atoms with van der Waals surface area (Å²) in [5.74, 6) is 0.951. The number of nitrogens with two attached hydrogens (primary N) is 1. The summed E-state index contributed by atoms with van der Waals surface area (Å²) in [5.41, 5.74) is 6.24. The number of hydrogen-bond donors (Lipinski definition) is 2. The molecule has 0 amide bonds. The van der Waals surface area contributed by atoms with Crippen LogP contribution in [0.25, 0.3) is 0 Å². The number of hydrogen-bond acceptors (Lipinski definition) is 3. The van der Waals surface area contributed by atoms with Crippen LogP contribution in [0.5, 0.6) is 5.75 Å². The fourth-order valence-electron chi connectivity index (χ4n) is 0.855. The maximum Gasteiger partial charge on any atom is 0.119 e. The van der Waals surface area contributed by atoms with E-state index in [1.165, 1.54) is 0 Å². The van der Waals surface area contributed by atoms with Crippen LogP contribution in [-0.4, -0.2) is 18.3 Å².